The van der Waals surface area contributed by atoms with Crippen molar-refractivity contribution in [2.45, 2.75) is 19.4 Å². The smallest absolute Gasteiger partial charge is 0.407 e. The molecule has 0 saturated carbocycles. The van der Waals surface area contributed by atoms with Crippen molar-refractivity contribution < 1.29 is 19.8 Å². The van der Waals surface area contributed by atoms with Crippen LogP contribution >= 0.6 is 0 Å². The summed E-state index contributed by atoms with van der Waals surface area (Å²) in [7, 11) is 0. The number of piperazine rings is 1. The lowest BCUT2D eigenvalue weighted by Gasteiger charge is -2.33. The SMILES string of the molecule is CC(C)(O)c1ccc(C(=O)N2CCN(C(=O)O)CC2)cc1. The summed E-state index contributed by atoms with van der Waals surface area (Å²) in [6.07, 6.45) is -0.948. The zero-order valence-electron chi connectivity index (χ0n) is 12.2. The Balaban J connectivity index is 2.03. The molecule has 21 heavy (non-hydrogen) atoms. The highest BCUT2D eigenvalue weighted by molar-refractivity contribution is 5.94. The fourth-order valence-corrected chi connectivity index (χ4v) is 2.30. The van der Waals surface area contributed by atoms with Crippen LogP contribution in [0.25, 0.3) is 0 Å². The van der Waals surface area contributed by atoms with Gasteiger partial charge in [-0.25, -0.2) is 4.79 Å². The largest absolute Gasteiger partial charge is 0.465 e. The summed E-state index contributed by atoms with van der Waals surface area (Å²) >= 11 is 0. The summed E-state index contributed by atoms with van der Waals surface area (Å²) in [5.74, 6) is -0.109. The van der Waals surface area contributed by atoms with Crippen molar-refractivity contribution in [1.82, 2.24) is 9.80 Å². The first-order valence-electron chi connectivity index (χ1n) is 6.89. The Morgan fingerprint density at radius 2 is 1.48 bits per heavy atom. The second-order valence-electron chi connectivity index (χ2n) is 5.70. The maximum Gasteiger partial charge on any atom is 0.407 e. The van der Waals surface area contributed by atoms with E-state index in [1.807, 2.05) is 0 Å². The molecule has 0 unspecified atom stereocenters. The van der Waals surface area contributed by atoms with E-state index in [2.05, 4.69) is 0 Å². The highest BCUT2D eigenvalue weighted by atomic mass is 16.4. The number of rotatable bonds is 2. The molecule has 1 heterocycles. The lowest BCUT2D eigenvalue weighted by atomic mass is 9.97. The van der Waals surface area contributed by atoms with Gasteiger partial charge < -0.3 is 20.0 Å². The van der Waals surface area contributed by atoms with Gasteiger partial charge in [0.2, 0.25) is 0 Å². The van der Waals surface area contributed by atoms with Gasteiger partial charge in [-0.2, -0.15) is 0 Å². The minimum absolute atomic E-state index is 0.109. The van der Waals surface area contributed by atoms with Gasteiger partial charge >= 0.3 is 6.09 Å². The number of hydrogen-bond acceptors (Lipinski definition) is 3. The number of nitrogens with zero attached hydrogens (tertiary/aromatic N) is 2. The van der Waals surface area contributed by atoms with E-state index in [4.69, 9.17) is 5.11 Å². The molecule has 6 heteroatoms. The molecule has 1 aromatic carbocycles. The normalized spacial score (nSPS) is 16.0. The average Bonchev–Trinajstić information content (AvgIpc) is 2.46. The van der Waals surface area contributed by atoms with E-state index in [0.717, 1.165) is 5.56 Å². The Hall–Kier alpha value is -2.08. The van der Waals surface area contributed by atoms with Crippen molar-refractivity contribution in [1.29, 1.82) is 0 Å². The molecule has 0 bridgehead atoms. The second kappa shape index (κ2) is 5.73. The van der Waals surface area contributed by atoms with Gasteiger partial charge in [0.1, 0.15) is 0 Å². The summed E-state index contributed by atoms with van der Waals surface area (Å²) in [5.41, 5.74) is 0.357. The molecule has 2 rings (SSSR count). The summed E-state index contributed by atoms with van der Waals surface area (Å²) < 4.78 is 0. The fraction of sp³-hybridized carbons (Fsp3) is 0.467. The topological polar surface area (TPSA) is 81.1 Å². The van der Waals surface area contributed by atoms with E-state index >= 15 is 0 Å². The maximum atomic E-state index is 12.3. The van der Waals surface area contributed by atoms with Gasteiger partial charge in [0, 0.05) is 31.7 Å². The minimum atomic E-state index is -0.948. The molecule has 114 valence electrons. The Morgan fingerprint density at radius 3 is 1.90 bits per heavy atom. The maximum absolute atomic E-state index is 12.3. The number of benzene rings is 1. The van der Waals surface area contributed by atoms with Gasteiger partial charge in [0.15, 0.2) is 0 Å². The van der Waals surface area contributed by atoms with Crippen LogP contribution in [0.2, 0.25) is 0 Å². The summed E-state index contributed by atoms with van der Waals surface area (Å²) in [6, 6.07) is 6.86. The van der Waals surface area contributed by atoms with E-state index < -0.39 is 11.7 Å². The molecule has 1 aliphatic rings. The van der Waals surface area contributed by atoms with E-state index in [-0.39, 0.29) is 5.91 Å². The zero-order valence-corrected chi connectivity index (χ0v) is 12.2. The molecule has 0 spiro atoms. The lowest BCUT2D eigenvalue weighted by molar-refractivity contribution is 0.0623. The number of carbonyl (C=O) groups excluding carboxylic acids is 1. The van der Waals surface area contributed by atoms with Crippen molar-refractivity contribution in [2.75, 3.05) is 26.2 Å². The van der Waals surface area contributed by atoms with Crippen molar-refractivity contribution in [3.05, 3.63) is 35.4 Å². The molecule has 0 atom stereocenters. The van der Waals surface area contributed by atoms with Crippen molar-refractivity contribution in [3.63, 3.8) is 0 Å². The third kappa shape index (κ3) is 3.52. The van der Waals surface area contributed by atoms with Crippen LogP contribution in [0.3, 0.4) is 0 Å². The molecule has 2 amide bonds. The molecule has 2 N–H and O–H groups in total. The first-order valence-corrected chi connectivity index (χ1v) is 6.89. The number of aliphatic hydroxyl groups is 1. The van der Waals surface area contributed by atoms with Crippen LogP contribution in [-0.4, -0.2) is 58.2 Å². The molecule has 1 saturated heterocycles. The van der Waals surface area contributed by atoms with E-state index in [1.165, 1.54) is 4.90 Å². The standard InChI is InChI=1S/C15H20N2O4/c1-15(2,21)12-5-3-11(4-6-12)13(18)16-7-9-17(10-8-16)14(19)20/h3-6,21H,7-10H2,1-2H3,(H,19,20). The van der Waals surface area contributed by atoms with Crippen molar-refractivity contribution in [3.8, 4) is 0 Å². The van der Waals surface area contributed by atoms with E-state index in [0.29, 0.717) is 31.7 Å². The summed E-state index contributed by atoms with van der Waals surface area (Å²) in [6.45, 7) is 4.85. The quantitative estimate of drug-likeness (QED) is 0.862. The van der Waals surface area contributed by atoms with Gasteiger partial charge in [0.05, 0.1) is 5.60 Å². The predicted octanol–water partition coefficient (Wildman–Crippen LogP) is 1.35. The fourth-order valence-electron chi connectivity index (χ4n) is 2.30. The molecular formula is C15H20N2O4. The molecule has 0 aromatic heterocycles. The van der Waals surface area contributed by atoms with Crippen LogP contribution in [0.5, 0.6) is 0 Å². The lowest BCUT2D eigenvalue weighted by Crippen LogP contribution is -2.50. The first kappa shape index (κ1) is 15.3. The Bertz CT molecular complexity index is 526. The number of carbonyl (C=O) groups is 2. The molecule has 1 aliphatic heterocycles. The molecule has 0 aliphatic carbocycles. The van der Waals surface area contributed by atoms with Crippen molar-refractivity contribution in [2.24, 2.45) is 0 Å². The molecule has 1 aromatic rings. The Kier molecular flexibility index (Phi) is 4.18. The van der Waals surface area contributed by atoms with Gasteiger partial charge in [-0.1, -0.05) is 12.1 Å². The van der Waals surface area contributed by atoms with E-state index in [1.54, 1.807) is 43.0 Å². The molecule has 1 fully saturated rings. The van der Waals surface area contributed by atoms with Crippen LogP contribution in [0.1, 0.15) is 29.8 Å². The van der Waals surface area contributed by atoms with Gasteiger partial charge in [0.25, 0.3) is 5.91 Å². The molecule has 0 radical (unpaired) electrons. The van der Waals surface area contributed by atoms with Gasteiger partial charge in [-0.05, 0) is 31.5 Å². The third-order valence-electron chi connectivity index (χ3n) is 3.68. The number of carboxylic acid groups (broad SMARTS) is 1. The van der Waals surface area contributed by atoms with Crippen LogP contribution in [-0.2, 0) is 5.60 Å². The van der Waals surface area contributed by atoms with Crippen LogP contribution in [0.15, 0.2) is 24.3 Å². The molecule has 6 nitrogen and oxygen atoms in total. The summed E-state index contributed by atoms with van der Waals surface area (Å²) in [5, 5.41) is 18.8. The van der Waals surface area contributed by atoms with Crippen LogP contribution in [0.4, 0.5) is 4.79 Å². The summed E-state index contributed by atoms with van der Waals surface area (Å²) in [4.78, 5) is 26.1. The monoisotopic (exact) mass is 292 g/mol. The number of amides is 2. The van der Waals surface area contributed by atoms with Crippen molar-refractivity contribution >= 4 is 12.0 Å². The number of hydrogen-bond donors (Lipinski definition) is 2. The first-order chi connectivity index (χ1) is 9.79. The van der Waals surface area contributed by atoms with Crippen LogP contribution < -0.4 is 0 Å². The highest BCUT2D eigenvalue weighted by Gasteiger charge is 2.24. The average molecular weight is 292 g/mol. The Labute approximate surface area is 123 Å². The third-order valence-corrected chi connectivity index (χ3v) is 3.68. The molecular weight excluding hydrogens is 272 g/mol. The second-order valence-corrected chi connectivity index (χ2v) is 5.70. The minimum Gasteiger partial charge on any atom is -0.465 e. The zero-order chi connectivity index (χ0) is 15.6. The van der Waals surface area contributed by atoms with Gasteiger partial charge in [-0.15, -0.1) is 0 Å². The van der Waals surface area contributed by atoms with E-state index in [9.17, 15) is 14.7 Å². The predicted molar refractivity (Wildman–Crippen MR) is 77.2 cm³/mol. The van der Waals surface area contributed by atoms with Crippen LogP contribution in [0, 0.1) is 0 Å². The van der Waals surface area contributed by atoms with Gasteiger partial charge in [-0.3, -0.25) is 4.79 Å². The highest BCUT2D eigenvalue weighted by Crippen LogP contribution is 2.20. The Morgan fingerprint density at radius 1 is 1.00 bits per heavy atom.